The van der Waals surface area contributed by atoms with E-state index >= 15 is 0 Å². The molecular weight excluding hydrogens is 228 g/mol. The van der Waals surface area contributed by atoms with Crippen molar-refractivity contribution in [3.8, 4) is 11.5 Å². The number of aromatic hydroxyl groups is 2. The second kappa shape index (κ2) is 5.20. The summed E-state index contributed by atoms with van der Waals surface area (Å²) in [6, 6.07) is 1.97. The number of hydrogen-bond acceptors (Lipinski definition) is 6. The summed E-state index contributed by atoms with van der Waals surface area (Å²) in [7, 11) is 1.11. The standard InChI is InChI=1S/C11H12O6/c1-3-17-10(14)7-4-6(12)5-8(13)9(7)11(15)16-2/h4-5,12-13H,3H2,1-2H3. The maximum Gasteiger partial charge on any atom is 0.342 e. The van der Waals surface area contributed by atoms with Crippen molar-refractivity contribution in [1.82, 2.24) is 0 Å². The third-order valence-corrected chi connectivity index (χ3v) is 1.99. The van der Waals surface area contributed by atoms with Crippen molar-refractivity contribution in [2.45, 2.75) is 6.92 Å². The first-order chi connectivity index (χ1) is 8.01. The molecule has 6 nitrogen and oxygen atoms in total. The number of phenols is 2. The molecule has 2 N–H and O–H groups in total. The predicted octanol–water partition coefficient (Wildman–Crippen LogP) is 1.06. The summed E-state index contributed by atoms with van der Waals surface area (Å²) in [5.74, 6) is -2.59. The van der Waals surface area contributed by atoms with Crippen LogP contribution in [0.4, 0.5) is 0 Å². The number of methoxy groups -OCH3 is 1. The number of carbonyl (C=O) groups is 2. The molecule has 0 saturated carbocycles. The van der Waals surface area contributed by atoms with Crippen molar-refractivity contribution in [3.63, 3.8) is 0 Å². The Morgan fingerprint density at radius 1 is 1.24 bits per heavy atom. The molecule has 0 unspecified atom stereocenters. The molecule has 0 bridgehead atoms. The van der Waals surface area contributed by atoms with E-state index in [2.05, 4.69) is 4.74 Å². The lowest BCUT2D eigenvalue weighted by Gasteiger charge is -2.09. The molecule has 0 atom stereocenters. The molecule has 0 aliphatic rings. The van der Waals surface area contributed by atoms with Crippen LogP contribution in [0.5, 0.6) is 11.5 Å². The fourth-order valence-electron chi connectivity index (χ4n) is 1.30. The fraction of sp³-hybridized carbons (Fsp3) is 0.273. The van der Waals surface area contributed by atoms with Crippen molar-refractivity contribution in [2.24, 2.45) is 0 Å². The minimum absolute atomic E-state index is 0.107. The zero-order valence-electron chi connectivity index (χ0n) is 9.39. The first-order valence-electron chi connectivity index (χ1n) is 4.82. The number of esters is 2. The largest absolute Gasteiger partial charge is 0.508 e. The Hall–Kier alpha value is -2.24. The third kappa shape index (κ3) is 2.66. The maximum atomic E-state index is 11.5. The van der Waals surface area contributed by atoms with Crippen molar-refractivity contribution < 1.29 is 29.3 Å². The van der Waals surface area contributed by atoms with Crippen LogP contribution in [-0.4, -0.2) is 35.9 Å². The molecule has 1 aromatic carbocycles. The average molecular weight is 240 g/mol. The van der Waals surface area contributed by atoms with Gasteiger partial charge in [0.2, 0.25) is 0 Å². The molecule has 92 valence electrons. The van der Waals surface area contributed by atoms with Crippen LogP contribution in [-0.2, 0) is 9.47 Å². The first kappa shape index (κ1) is 12.8. The van der Waals surface area contributed by atoms with E-state index < -0.39 is 17.7 Å². The summed E-state index contributed by atoms with van der Waals surface area (Å²) in [6.45, 7) is 1.70. The highest BCUT2D eigenvalue weighted by molar-refractivity contribution is 6.05. The molecule has 1 aromatic rings. The van der Waals surface area contributed by atoms with Gasteiger partial charge in [-0.2, -0.15) is 0 Å². The molecule has 0 aliphatic heterocycles. The van der Waals surface area contributed by atoms with Gasteiger partial charge >= 0.3 is 11.9 Å². The third-order valence-electron chi connectivity index (χ3n) is 1.99. The normalized spacial score (nSPS) is 9.76. The van der Waals surface area contributed by atoms with E-state index in [0.717, 1.165) is 19.2 Å². The number of ether oxygens (including phenoxy) is 2. The number of hydrogen-bond donors (Lipinski definition) is 2. The number of rotatable bonds is 3. The van der Waals surface area contributed by atoms with Gasteiger partial charge in [0.05, 0.1) is 19.3 Å². The van der Waals surface area contributed by atoms with Gasteiger partial charge in [0, 0.05) is 6.07 Å². The van der Waals surface area contributed by atoms with Gasteiger partial charge in [-0.15, -0.1) is 0 Å². The van der Waals surface area contributed by atoms with Crippen molar-refractivity contribution in [2.75, 3.05) is 13.7 Å². The van der Waals surface area contributed by atoms with Gasteiger partial charge < -0.3 is 19.7 Å². The Bertz CT molecular complexity index is 452. The minimum atomic E-state index is -0.884. The summed E-state index contributed by atoms with van der Waals surface area (Å²) >= 11 is 0. The first-order valence-corrected chi connectivity index (χ1v) is 4.82. The summed E-state index contributed by atoms with van der Waals surface area (Å²) in [5.41, 5.74) is -0.569. The zero-order valence-corrected chi connectivity index (χ0v) is 9.39. The van der Waals surface area contributed by atoms with Gasteiger partial charge in [0.25, 0.3) is 0 Å². The predicted molar refractivity (Wildman–Crippen MR) is 57.1 cm³/mol. The monoisotopic (exact) mass is 240 g/mol. The van der Waals surface area contributed by atoms with E-state index in [1.165, 1.54) is 0 Å². The van der Waals surface area contributed by atoms with E-state index in [-0.39, 0.29) is 23.5 Å². The molecule has 0 aromatic heterocycles. The van der Waals surface area contributed by atoms with E-state index in [1.807, 2.05) is 0 Å². The van der Waals surface area contributed by atoms with Crippen molar-refractivity contribution in [1.29, 1.82) is 0 Å². The van der Waals surface area contributed by atoms with Gasteiger partial charge in [-0.25, -0.2) is 9.59 Å². The zero-order chi connectivity index (χ0) is 13.0. The molecule has 17 heavy (non-hydrogen) atoms. The average Bonchev–Trinajstić information content (AvgIpc) is 2.27. The fourth-order valence-corrected chi connectivity index (χ4v) is 1.30. The van der Waals surface area contributed by atoms with Crippen LogP contribution < -0.4 is 0 Å². The lowest BCUT2D eigenvalue weighted by molar-refractivity contribution is 0.0501. The number of carbonyl (C=O) groups excluding carboxylic acids is 2. The second-order valence-corrected chi connectivity index (χ2v) is 3.10. The highest BCUT2D eigenvalue weighted by Crippen LogP contribution is 2.28. The van der Waals surface area contributed by atoms with E-state index in [4.69, 9.17) is 4.74 Å². The van der Waals surface area contributed by atoms with Crippen LogP contribution in [0.15, 0.2) is 12.1 Å². The molecule has 0 aliphatic carbocycles. The minimum Gasteiger partial charge on any atom is -0.508 e. The lowest BCUT2D eigenvalue weighted by atomic mass is 10.1. The topological polar surface area (TPSA) is 93.1 Å². The summed E-state index contributed by atoms with van der Waals surface area (Å²) in [4.78, 5) is 22.9. The maximum absolute atomic E-state index is 11.5. The highest BCUT2D eigenvalue weighted by atomic mass is 16.5. The Morgan fingerprint density at radius 3 is 2.41 bits per heavy atom. The summed E-state index contributed by atoms with van der Waals surface area (Å²) < 4.78 is 9.14. The van der Waals surface area contributed by atoms with Gasteiger partial charge in [-0.1, -0.05) is 0 Å². The summed E-state index contributed by atoms with van der Waals surface area (Å²) in [5, 5.41) is 18.8. The van der Waals surface area contributed by atoms with Crippen LogP contribution in [0.1, 0.15) is 27.6 Å². The van der Waals surface area contributed by atoms with E-state index in [1.54, 1.807) is 6.92 Å². The molecule has 0 fully saturated rings. The number of benzene rings is 1. The van der Waals surface area contributed by atoms with Crippen molar-refractivity contribution in [3.05, 3.63) is 23.3 Å². The van der Waals surface area contributed by atoms with Crippen LogP contribution in [0.2, 0.25) is 0 Å². The van der Waals surface area contributed by atoms with Crippen LogP contribution >= 0.6 is 0 Å². The quantitative estimate of drug-likeness (QED) is 0.767. The highest BCUT2D eigenvalue weighted by Gasteiger charge is 2.23. The Morgan fingerprint density at radius 2 is 1.88 bits per heavy atom. The van der Waals surface area contributed by atoms with Gasteiger partial charge in [0.1, 0.15) is 17.1 Å². The molecule has 0 heterocycles. The summed E-state index contributed by atoms with van der Waals surface area (Å²) in [6.07, 6.45) is 0. The number of phenolic OH excluding ortho intramolecular Hbond substituents is 2. The van der Waals surface area contributed by atoms with E-state index in [9.17, 15) is 19.8 Å². The second-order valence-electron chi connectivity index (χ2n) is 3.10. The molecule has 0 spiro atoms. The molecule has 0 amide bonds. The SMILES string of the molecule is CCOC(=O)c1cc(O)cc(O)c1C(=O)OC. The van der Waals surface area contributed by atoms with Crippen LogP contribution in [0, 0.1) is 0 Å². The Labute approximate surface area is 97.4 Å². The Kier molecular flexibility index (Phi) is 3.92. The van der Waals surface area contributed by atoms with Gasteiger partial charge in [0.15, 0.2) is 0 Å². The Balaban J connectivity index is 3.35. The van der Waals surface area contributed by atoms with Crippen LogP contribution in [0.3, 0.4) is 0 Å². The van der Waals surface area contributed by atoms with Gasteiger partial charge in [-0.3, -0.25) is 0 Å². The molecule has 6 heteroatoms. The van der Waals surface area contributed by atoms with Crippen LogP contribution in [0.25, 0.3) is 0 Å². The molecular formula is C11H12O6. The lowest BCUT2D eigenvalue weighted by Crippen LogP contribution is -2.13. The molecule has 0 saturated heterocycles. The smallest absolute Gasteiger partial charge is 0.342 e. The molecule has 0 radical (unpaired) electrons. The van der Waals surface area contributed by atoms with Gasteiger partial charge in [-0.05, 0) is 13.0 Å². The molecule has 1 rings (SSSR count). The van der Waals surface area contributed by atoms with E-state index in [0.29, 0.717) is 0 Å². The van der Waals surface area contributed by atoms with Crippen molar-refractivity contribution >= 4 is 11.9 Å².